The molecule has 1 heterocycles. The zero-order chi connectivity index (χ0) is 19.9. The molecule has 0 aliphatic heterocycles. The van der Waals surface area contributed by atoms with Crippen molar-refractivity contribution < 1.29 is 18.7 Å². The number of carbonyl (C=O) groups is 2. The third-order valence-electron chi connectivity index (χ3n) is 3.57. The number of anilines is 1. The van der Waals surface area contributed by atoms with Crippen LogP contribution in [0, 0.1) is 5.82 Å². The third kappa shape index (κ3) is 5.37. The van der Waals surface area contributed by atoms with Crippen LogP contribution in [-0.2, 0) is 4.79 Å². The van der Waals surface area contributed by atoms with E-state index >= 15 is 0 Å². The molecular formula is C19H16FN3O3S2. The van der Waals surface area contributed by atoms with Crippen molar-refractivity contribution in [2.24, 2.45) is 0 Å². The first kappa shape index (κ1) is 20.0. The highest BCUT2D eigenvalue weighted by Crippen LogP contribution is 2.26. The van der Waals surface area contributed by atoms with Gasteiger partial charge in [-0.25, -0.2) is 4.39 Å². The summed E-state index contributed by atoms with van der Waals surface area (Å²) in [6.07, 6.45) is -0.920. The average Bonchev–Trinajstić information content (AvgIpc) is 3.15. The molecule has 1 atom stereocenters. The molecule has 1 aromatic heterocycles. The minimum absolute atomic E-state index is 0.00178. The van der Waals surface area contributed by atoms with E-state index in [0.717, 1.165) is 11.3 Å². The molecule has 3 aromatic rings. The summed E-state index contributed by atoms with van der Waals surface area (Å²) in [6.45, 7) is 1.51. The maximum absolute atomic E-state index is 13.6. The van der Waals surface area contributed by atoms with E-state index in [1.165, 1.54) is 36.9 Å². The van der Waals surface area contributed by atoms with Crippen LogP contribution in [0.25, 0.3) is 0 Å². The van der Waals surface area contributed by atoms with Crippen molar-refractivity contribution >= 4 is 39.9 Å². The van der Waals surface area contributed by atoms with Gasteiger partial charge in [0.25, 0.3) is 5.91 Å². The molecule has 1 N–H and O–H groups in total. The molecule has 144 valence electrons. The number of ketones is 1. The SMILES string of the molecule is C[C@@H](Oc1ccccc1F)C(=O)Nc1nnc(SCC(=O)c2ccccc2)s1. The summed E-state index contributed by atoms with van der Waals surface area (Å²) in [7, 11) is 0. The molecule has 0 aliphatic carbocycles. The van der Waals surface area contributed by atoms with E-state index in [4.69, 9.17) is 4.74 Å². The van der Waals surface area contributed by atoms with Gasteiger partial charge >= 0.3 is 0 Å². The molecule has 9 heteroatoms. The number of hydrogen-bond acceptors (Lipinski definition) is 7. The van der Waals surface area contributed by atoms with Crippen molar-refractivity contribution in [1.29, 1.82) is 0 Å². The van der Waals surface area contributed by atoms with E-state index in [9.17, 15) is 14.0 Å². The molecule has 0 unspecified atom stereocenters. The van der Waals surface area contributed by atoms with Crippen LogP contribution in [0.15, 0.2) is 58.9 Å². The molecule has 0 radical (unpaired) electrons. The summed E-state index contributed by atoms with van der Waals surface area (Å²) in [5.41, 5.74) is 0.632. The number of rotatable bonds is 8. The second-order valence-electron chi connectivity index (χ2n) is 5.63. The number of carbonyl (C=O) groups excluding carboxylic acids is 2. The van der Waals surface area contributed by atoms with Gasteiger partial charge in [-0.05, 0) is 19.1 Å². The number of aromatic nitrogens is 2. The minimum Gasteiger partial charge on any atom is -0.478 e. The van der Waals surface area contributed by atoms with Gasteiger partial charge in [0, 0.05) is 5.56 Å². The van der Waals surface area contributed by atoms with Crippen molar-refractivity contribution in [3.63, 3.8) is 0 Å². The largest absolute Gasteiger partial charge is 0.478 e. The number of para-hydroxylation sites is 1. The lowest BCUT2D eigenvalue weighted by Crippen LogP contribution is -2.30. The predicted molar refractivity (Wildman–Crippen MR) is 107 cm³/mol. The molecule has 0 fully saturated rings. The number of nitrogens with one attached hydrogen (secondary N) is 1. The van der Waals surface area contributed by atoms with Gasteiger partial charge in [-0.1, -0.05) is 65.6 Å². The number of nitrogens with zero attached hydrogens (tertiary/aromatic N) is 2. The van der Waals surface area contributed by atoms with Crippen LogP contribution in [0.1, 0.15) is 17.3 Å². The number of hydrogen-bond donors (Lipinski definition) is 1. The van der Waals surface area contributed by atoms with Crippen LogP contribution in [0.5, 0.6) is 5.75 Å². The first-order valence-corrected chi connectivity index (χ1v) is 10.1. The Balaban J connectivity index is 1.51. The van der Waals surface area contributed by atoms with Gasteiger partial charge in [0.1, 0.15) is 0 Å². The van der Waals surface area contributed by atoms with Crippen LogP contribution in [0.2, 0.25) is 0 Å². The topological polar surface area (TPSA) is 81.2 Å². The Kier molecular flexibility index (Phi) is 6.72. The zero-order valence-electron chi connectivity index (χ0n) is 14.8. The Bertz CT molecular complexity index is 966. The summed E-state index contributed by atoms with van der Waals surface area (Å²) in [6, 6.07) is 14.8. The first-order chi connectivity index (χ1) is 13.5. The van der Waals surface area contributed by atoms with Gasteiger partial charge in [-0.3, -0.25) is 14.9 Å². The van der Waals surface area contributed by atoms with E-state index in [1.54, 1.807) is 30.3 Å². The highest BCUT2D eigenvalue weighted by atomic mass is 32.2. The number of benzene rings is 2. The Morgan fingerprint density at radius 3 is 2.61 bits per heavy atom. The Hall–Kier alpha value is -2.78. The number of thioether (sulfide) groups is 1. The molecule has 6 nitrogen and oxygen atoms in total. The molecule has 2 aromatic carbocycles. The second kappa shape index (κ2) is 9.43. The van der Waals surface area contributed by atoms with Crippen molar-refractivity contribution in [3.05, 3.63) is 66.0 Å². The van der Waals surface area contributed by atoms with E-state index in [1.807, 2.05) is 6.07 Å². The third-order valence-corrected chi connectivity index (χ3v) is 5.54. The quantitative estimate of drug-likeness (QED) is 0.338. The van der Waals surface area contributed by atoms with Crippen molar-refractivity contribution in [2.45, 2.75) is 17.4 Å². The lowest BCUT2D eigenvalue weighted by Gasteiger charge is -2.13. The lowest BCUT2D eigenvalue weighted by atomic mass is 10.2. The standard InChI is InChI=1S/C19H16FN3O3S2/c1-12(26-16-10-6-5-9-14(16)20)17(25)21-18-22-23-19(28-18)27-11-15(24)13-7-3-2-4-8-13/h2-10,12H,11H2,1H3,(H,21,22,25)/t12-/m1/s1. The van der Waals surface area contributed by atoms with Crippen molar-refractivity contribution in [3.8, 4) is 5.75 Å². The normalized spacial score (nSPS) is 11.6. The van der Waals surface area contributed by atoms with Crippen molar-refractivity contribution in [1.82, 2.24) is 10.2 Å². The molecule has 28 heavy (non-hydrogen) atoms. The van der Waals surface area contributed by atoms with Gasteiger partial charge in [0.15, 0.2) is 27.8 Å². The minimum atomic E-state index is -0.920. The molecule has 0 saturated heterocycles. The highest BCUT2D eigenvalue weighted by Gasteiger charge is 2.18. The van der Waals surface area contributed by atoms with Crippen molar-refractivity contribution in [2.75, 3.05) is 11.1 Å². The van der Waals surface area contributed by atoms with Gasteiger partial charge in [-0.2, -0.15) is 0 Å². The zero-order valence-corrected chi connectivity index (χ0v) is 16.4. The van der Waals surface area contributed by atoms with Crippen LogP contribution < -0.4 is 10.1 Å². The van der Waals surface area contributed by atoms with Gasteiger partial charge in [-0.15, -0.1) is 10.2 Å². The Morgan fingerprint density at radius 1 is 1.14 bits per heavy atom. The van der Waals surface area contributed by atoms with Crippen LogP contribution in [-0.4, -0.2) is 33.7 Å². The molecule has 0 aliphatic rings. The molecule has 3 rings (SSSR count). The van der Waals surface area contributed by atoms with Crippen LogP contribution in [0.4, 0.5) is 9.52 Å². The van der Waals surface area contributed by atoms with E-state index in [0.29, 0.717) is 9.90 Å². The summed E-state index contributed by atoms with van der Waals surface area (Å²) >= 11 is 2.40. The molecule has 0 bridgehead atoms. The van der Waals surface area contributed by atoms with Crippen LogP contribution in [0.3, 0.4) is 0 Å². The van der Waals surface area contributed by atoms with Crippen LogP contribution >= 0.6 is 23.1 Å². The van der Waals surface area contributed by atoms with E-state index < -0.39 is 17.8 Å². The number of Topliss-reactive ketones (excluding diaryl/α,β-unsaturated/α-hetero) is 1. The number of amides is 1. The Labute approximate surface area is 169 Å². The summed E-state index contributed by atoms with van der Waals surface area (Å²) < 4.78 is 19.5. The molecule has 0 spiro atoms. The monoisotopic (exact) mass is 417 g/mol. The Morgan fingerprint density at radius 2 is 1.86 bits per heavy atom. The fraction of sp³-hybridized carbons (Fsp3) is 0.158. The lowest BCUT2D eigenvalue weighted by molar-refractivity contribution is -0.122. The van der Waals surface area contributed by atoms with Gasteiger partial charge in [0.05, 0.1) is 5.75 Å². The highest BCUT2D eigenvalue weighted by molar-refractivity contribution is 8.01. The summed E-state index contributed by atoms with van der Waals surface area (Å²) in [5, 5.41) is 10.7. The predicted octanol–water partition coefficient (Wildman–Crippen LogP) is 4.06. The summed E-state index contributed by atoms with van der Waals surface area (Å²) in [5.74, 6) is -0.813. The van der Waals surface area contributed by atoms with Gasteiger partial charge < -0.3 is 4.74 Å². The molecule has 0 saturated carbocycles. The maximum atomic E-state index is 13.6. The van der Waals surface area contributed by atoms with Gasteiger partial charge in [0.2, 0.25) is 5.13 Å². The molecule has 1 amide bonds. The fourth-order valence-electron chi connectivity index (χ4n) is 2.14. The molecular weight excluding hydrogens is 401 g/mol. The fourth-order valence-corrected chi connectivity index (χ4v) is 3.79. The summed E-state index contributed by atoms with van der Waals surface area (Å²) in [4.78, 5) is 24.3. The number of ether oxygens (including phenoxy) is 1. The average molecular weight is 417 g/mol. The van der Waals surface area contributed by atoms with E-state index in [2.05, 4.69) is 15.5 Å². The first-order valence-electron chi connectivity index (χ1n) is 8.29. The second-order valence-corrected chi connectivity index (χ2v) is 7.83. The maximum Gasteiger partial charge on any atom is 0.266 e. The van der Waals surface area contributed by atoms with E-state index in [-0.39, 0.29) is 22.4 Å². The smallest absolute Gasteiger partial charge is 0.266 e. The number of halogens is 1.